The highest BCUT2D eigenvalue weighted by atomic mass is 19.4. The Labute approximate surface area is 212 Å². The van der Waals surface area contributed by atoms with Gasteiger partial charge in [0.05, 0.1) is 23.0 Å². The van der Waals surface area contributed by atoms with Gasteiger partial charge in [0.1, 0.15) is 29.3 Å². The Bertz CT molecular complexity index is 1470. The zero-order valence-electron chi connectivity index (χ0n) is 19.6. The number of carbonyl (C=O) groups excluding carboxylic acids is 4. The Morgan fingerprint density at radius 1 is 1.05 bits per heavy atom. The molecule has 196 valence electrons. The molecule has 3 aromatic rings. The number of ether oxygens (including phenoxy) is 2. The van der Waals surface area contributed by atoms with Gasteiger partial charge in [-0.2, -0.15) is 0 Å². The molecule has 1 saturated heterocycles. The van der Waals surface area contributed by atoms with Gasteiger partial charge in [-0.05, 0) is 49.7 Å². The van der Waals surface area contributed by atoms with Gasteiger partial charge >= 0.3 is 6.36 Å². The molecular weight excluding hydrogens is 511 g/mol. The number of amides is 4. The molecule has 3 heterocycles. The fourth-order valence-electron chi connectivity index (χ4n) is 4.27. The number of imide groups is 2. The Morgan fingerprint density at radius 3 is 2.47 bits per heavy atom. The third kappa shape index (κ3) is 4.44. The lowest BCUT2D eigenvalue weighted by Crippen LogP contribution is -2.62. The van der Waals surface area contributed by atoms with Gasteiger partial charge in [0.15, 0.2) is 0 Å². The zero-order chi connectivity index (χ0) is 27.2. The van der Waals surface area contributed by atoms with Crippen LogP contribution in [0, 0.1) is 0 Å². The van der Waals surface area contributed by atoms with Crippen molar-refractivity contribution in [3.63, 3.8) is 0 Å². The Kier molecular flexibility index (Phi) is 5.88. The molecule has 1 N–H and O–H groups in total. The van der Waals surface area contributed by atoms with Gasteiger partial charge in [-0.3, -0.25) is 29.4 Å². The monoisotopic (exact) mass is 529 g/mol. The lowest BCUT2D eigenvalue weighted by Gasteiger charge is -2.38. The van der Waals surface area contributed by atoms with E-state index in [1.807, 2.05) is 0 Å². The maximum atomic E-state index is 13.3. The number of nitrogens with zero attached hydrogens (tertiary/aromatic N) is 4. The molecule has 1 atom stereocenters. The van der Waals surface area contributed by atoms with Crippen LogP contribution in [-0.4, -0.2) is 55.4 Å². The van der Waals surface area contributed by atoms with Crippen molar-refractivity contribution in [2.45, 2.75) is 38.3 Å². The number of carbonyl (C=O) groups is 4. The quantitative estimate of drug-likeness (QED) is 0.482. The van der Waals surface area contributed by atoms with E-state index in [1.54, 1.807) is 0 Å². The second-order valence-corrected chi connectivity index (χ2v) is 8.76. The first-order valence-electron chi connectivity index (χ1n) is 11.2. The number of alkyl halides is 3. The molecule has 4 amide bonds. The van der Waals surface area contributed by atoms with Gasteiger partial charge in [-0.15, -0.1) is 18.3 Å². The van der Waals surface area contributed by atoms with E-state index in [4.69, 9.17) is 4.74 Å². The largest absolute Gasteiger partial charge is 0.573 e. The maximum absolute atomic E-state index is 13.3. The molecule has 1 fully saturated rings. The molecule has 0 aliphatic carbocycles. The number of benzene rings is 2. The van der Waals surface area contributed by atoms with E-state index < -0.39 is 35.5 Å². The molecule has 0 unspecified atom stereocenters. The van der Waals surface area contributed by atoms with E-state index in [9.17, 15) is 32.3 Å². The minimum Gasteiger partial charge on any atom is -0.486 e. The minimum atomic E-state index is -4.81. The average molecular weight is 529 g/mol. The fraction of sp³-hybridized carbons (Fsp3) is 0.250. The van der Waals surface area contributed by atoms with Gasteiger partial charge in [0.2, 0.25) is 5.91 Å². The summed E-state index contributed by atoms with van der Waals surface area (Å²) in [6.45, 7) is 1.27. The highest BCUT2D eigenvalue weighted by Crippen LogP contribution is 2.38. The molecule has 14 heteroatoms. The molecule has 5 rings (SSSR count). The molecule has 2 aromatic carbocycles. The van der Waals surface area contributed by atoms with Crippen LogP contribution in [0.1, 0.15) is 46.2 Å². The van der Waals surface area contributed by atoms with E-state index >= 15 is 0 Å². The normalized spacial score (nSPS) is 19.4. The first kappa shape index (κ1) is 24.9. The average Bonchev–Trinajstić information content (AvgIpc) is 3.43. The van der Waals surface area contributed by atoms with Crippen LogP contribution in [0.2, 0.25) is 0 Å². The minimum absolute atomic E-state index is 0.00819. The van der Waals surface area contributed by atoms with Crippen LogP contribution in [0.5, 0.6) is 11.5 Å². The third-order valence-electron chi connectivity index (χ3n) is 6.20. The van der Waals surface area contributed by atoms with Crippen molar-refractivity contribution in [3.05, 3.63) is 65.5 Å². The van der Waals surface area contributed by atoms with Crippen LogP contribution >= 0.6 is 0 Å². The third-order valence-corrected chi connectivity index (χ3v) is 6.20. The molecule has 2 aliphatic heterocycles. The van der Waals surface area contributed by atoms with Gasteiger partial charge in [0, 0.05) is 6.42 Å². The van der Waals surface area contributed by atoms with E-state index in [1.165, 1.54) is 48.1 Å². The first-order valence-corrected chi connectivity index (χ1v) is 11.2. The maximum Gasteiger partial charge on any atom is 0.573 e. The van der Waals surface area contributed by atoms with Gasteiger partial charge in [-0.25, -0.2) is 4.68 Å². The van der Waals surface area contributed by atoms with Crippen molar-refractivity contribution in [1.82, 2.24) is 25.2 Å². The van der Waals surface area contributed by atoms with Crippen LogP contribution in [0.15, 0.2) is 48.7 Å². The Balaban J connectivity index is 1.32. The Hall–Kier alpha value is -4.75. The van der Waals surface area contributed by atoms with Crippen LogP contribution in [0.3, 0.4) is 0 Å². The molecule has 11 nitrogen and oxygen atoms in total. The number of halogens is 3. The van der Waals surface area contributed by atoms with Crippen molar-refractivity contribution in [2.75, 3.05) is 0 Å². The van der Waals surface area contributed by atoms with Crippen molar-refractivity contribution in [2.24, 2.45) is 0 Å². The zero-order valence-corrected chi connectivity index (χ0v) is 19.6. The van der Waals surface area contributed by atoms with Gasteiger partial charge < -0.3 is 9.47 Å². The van der Waals surface area contributed by atoms with Gasteiger partial charge in [-0.1, -0.05) is 11.3 Å². The standard InChI is InChI=1S/C24H18F3N5O6/c1-23(10-9-18(33)28-22(23)36)32-20(34)16-3-2-4-17(19(16)21(32)35)37-12-13-11-31(30-29-13)14-5-7-15(8-6-14)38-24(25,26)27/h2-8,11H,9-10,12H2,1H3,(H,28,33,36)/t23-/m0/s1. The summed E-state index contributed by atoms with van der Waals surface area (Å²) in [6.07, 6.45) is -3.36. The van der Waals surface area contributed by atoms with Gasteiger partial charge in [0.25, 0.3) is 17.7 Å². The number of hydrogen-bond acceptors (Lipinski definition) is 8. The highest BCUT2D eigenvalue weighted by Gasteiger charge is 2.53. The molecular formula is C24H18F3N5O6. The summed E-state index contributed by atoms with van der Waals surface area (Å²) in [5.41, 5.74) is -0.766. The molecule has 38 heavy (non-hydrogen) atoms. The summed E-state index contributed by atoms with van der Waals surface area (Å²) in [7, 11) is 0. The van der Waals surface area contributed by atoms with Crippen LogP contribution in [0.4, 0.5) is 13.2 Å². The van der Waals surface area contributed by atoms with Crippen LogP contribution in [-0.2, 0) is 16.2 Å². The van der Waals surface area contributed by atoms with E-state index in [-0.39, 0.29) is 42.1 Å². The summed E-state index contributed by atoms with van der Waals surface area (Å²) in [6, 6.07) is 9.44. The summed E-state index contributed by atoms with van der Waals surface area (Å²) in [5, 5.41) is 10.1. The van der Waals surface area contributed by atoms with E-state index in [0.717, 1.165) is 17.0 Å². The number of nitrogens with one attached hydrogen (secondary N) is 1. The second-order valence-electron chi connectivity index (χ2n) is 8.76. The van der Waals surface area contributed by atoms with E-state index in [0.29, 0.717) is 11.4 Å². The first-order chi connectivity index (χ1) is 18.0. The molecule has 0 spiro atoms. The van der Waals surface area contributed by atoms with Crippen molar-refractivity contribution < 1.29 is 41.8 Å². The molecule has 1 aromatic heterocycles. The molecule has 0 radical (unpaired) electrons. The topological polar surface area (TPSA) is 133 Å². The van der Waals surface area contributed by atoms with Crippen LogP contribution < -0.4 is 14.8 Å². The van der Waals surface area contributed by atoms with Crippen molar-refractivity contribution >= 4 is 23.6 Å². The smallest absolute Gasteiger partial charge is 0.486 e. The molecule has 0 saturated carbocycles. The predicted molar refractivity (Wildman–Crippen MR) is 120 cm³/mol. The SMILES string of the molecule is C[C@]1(N2C(=O)c3cccc(OCc4cn(-c5ccc(OC(F)(F)F)cc5)nn4)c3C2=O)CCC(=O)NC1=O. The predicted octanol–water partition coefficient (Wildman–Crippen LogP) is 2.54. The lowest BCUT2D eigenvalue weighted by molar-refractivity contribution is -0.274. The van der Waals surface area contributed by atoms with Crippen molar-refractivity contribution in [3.8, 4) is 17.2 Å². The highest BCUT2D eigenvalue weighted by molar-refractivity contribution is 6.25. The lowest BCUT2D eigenvalue weighted by atomic mass is 9.89. The number of rotatable bonds is 6. The second kappa shape index (κ2) is 8.97. The molecule has 2 aliphatic rings. The van der Waals surface area contributed by atoms with Crippen molar-refractivity contribution in [1.29, 1.82) is 0 Å². The summed E-state index contributed by atoms with van der Waals surface area (Å²) in [5.74, 6) is -2.92. The fourth-order valence-corrected chi connectivity index (χ4v) is 4.27. The number of aromatic nitrogens is 3. The Morgan fingerprint density at radius 2 is 1.79 bits per heavy atom. The number of fused-ring (bicyclic) bond motifs is 1. The van der Waals surface area contributed by atoms with E-state index in [2.05, 4.69) is 20.4 Å². The number of hydrogen-bond donors (Lipinski definition) is 1. The summed E-state index contributed by atoms with van der Waals surface area (Å²) in [4.78, 5) is 51.4. The van der Waals surface area contributed by atoms with Crippen LogP contribution in [0.25, 0.3) is 5.69 Å². The molecule has 0 bridgehead atoms. The number of piperidine rings is 1. The summed E-state index contributed by atoms with van der Waals surface area (Å²) >= 11 is 0. The summed E-state index contributed by atoms with van der Waals surface area (Å²) < 4.78 is 48.0.